The second kappa shape index (κ2) is 6.61. The molecule has 0 heterocycles. The van der Waals surface area contributed by atoms with E-state index >= 15 is 0 Å². The average molecular weight is 256 g/mol. The minimum atomic E-state index is 0.766. The number of nitrogens with one attached hydrogen (secondary N) is 1. The third-order valence-corrected chi connectivity index (χ3v) is 4.50. The first-order valence-electron chi connectivity index (χ1n) is 7.48. The standard InChI is InChI=1S/C17H24N2/c1-3-14-7-9-15(10-8-14)12-19-17-13(2)5-4-6-16(17)11-18/h4-6,14-15,19H,3,7-10,12H2,1-2H3. The van der Waals surface area contributed by atoms with Gasteiger partial charge in [-0.1, -0.05) is 38.3 Å². The lowest BCUT2D eigenvalue weighted by Gasteiger charge is -2.28. The summed E-state index contributed by atoms with van der Waals surface area (Å²) in [4.78, 5) is 0. The summed E-state index contributed by atoms with van der Waals surface area (Å²) in [5, 5.41) is 12.7. The van der Waals surface area contributed by atoms with Crippen LogP contribution in [-0.4, -0.2) is 6.54 Å². The number of anilines is 1. The molecule has 0 saturated heterocycles. The molecule has 0 amide bonds. The molecule has 0 atom stereocenters. The molecule has 102 valence electrons. The molecule has 2 rings (SSSR count). The third kappa shape index (κ3) is 3.50. The van der Waals surface area contributed by atoms with Gasteiger partial charge in [0, 0.05) is 6.54 Å². The van der Waals surface area contributed by atoms with Gasteiger partial charge >= 0.3 is 0 Å². The summed E-state index contributed by atoms with van der Waals surface area (Å²) in [7, 11) is 0. The van der Waals surface area contributed by atoms with Crippen LogP contribution < -0.4 is 5.32 Å². The highest BCUT2D eigenvalue weighted by Crippen LogP contribution is 2.31. The van der Waals surface area contributed by atoms with E-state index in [-0.39, 0.29) is 0 Å². The molecule has 1 N–H and O–H groups in total. The van der Waals surface area contributed by atoms with Crippen LogP contribution in [0.15, 0.2) is 18.2 Å². The molecule has 2 heteroatoms. The summed E-state index contributed by atoms with van der Waals surface area (Å²) in [5.41, 5.74) is 2.96. The highest BCUT2D eigenvalue weighted by Gasteiger charge is 2.20. The fraction of sp³-hybridized carbons (Fsp3) is 0.588. The number of benzene rings is 1. The second-order valence-electron chi connectivity index (χ2n) is 5.79. The van der Waals surface area contributed by atoms with Gasteiger partial charge in [-0.2, -0.15) is 5.26 Å². The van der Waals surface area contributed by atoms with Crippen molar-refractivity contribution in [2.45, 2.75) is 46.0 Å². The lowest BCUT2D eigenvalue weighted by molar-refractivity contribution is 0.278. The predicted molar refractivity (Wildman–Crippen MR) is 80.1 cm³/mol. The van der Waals surface area contributed by atoms with Crippen LogP contribution in [0.4, 0.5) is 5.69 Å². The average Bonchev–Trinajstić information content (AvgIpc) is 2.46. The van der Waals surface area contributed by atoms with Crippen LogP contribution in [-0.2, 0) is 0 Å². The van der Waals surface area contributed by atoms with Crippen LogP contribution in [0.5, 0.6) is 0 Å². The van der Waals surface area contributed by atoms with Gasteiger partial charge in [-0.3, -0.25) is 0 Å². The van der Waals surface area contributed by atoms with Crippen LogP contribution in [0.1, 0.15) is 50.2 Å². The van der Waals surface area contributed by atoms with Crippen molar-refractivity contribution < 1.29 is 0 Å². The Bertz CT molecular complexity index is 451. The van der Waals surface area contributed by atoms with Crippen LogP contribution in [0.25, 0.3) is 0 Å². The summed E-state index contributed by atoms with van der Waals surface area (Å²) in [6, 6.07) is 8.19. The maximum absolute atomic E-state index is 9.16. The molecule has 0 spiro atoms. The first kappa shape index (κ1) is 13.9. The maximum Gasteiger partial charge on any atom is 0.101 e. The quantitative estimate of drug-likeness (QED) is 0.861. The van der Waals surface area contributed by atoms with Gasteiger partial charge in [0.15, 0.2) is 0 Å². The maximum atomic E-state index is 9.16. The van der Waals surface area contributed by atoms with E-state index in [9.17, 15) is 0 Å². The number of rotatable bonds is 4. The zero-order valence-corrected chi connectivity index (χ0v) is 12.1. The molecule has 1 aromatic carbocycles. The van der Waals surface area contributed by atoms with Crippen LogP contribution in [0, 0.1) is 30.1 Å². The Morgan fingerprint density at radius 1 is 1.21 bits per heavy atom. The normalized spacial score (nSPS) is 22.8. The predicted octanol–water partition coefficient (Wildman–Crippen LogP) is 4.50. The van der Waals surface area contributed by atoms with E-state index in [1.54, 1.807) is 0 Å². The van der Waals surface area contributed by atoms with E-state index in [0.29, 0.717) is 0 Å². The monoisotopic (exact) mass is 256 g/mol. The summed E-state index contributed by atoms with van der Waals surface area (Å²) < 4.78 is 0. The Labute approximate surface area is 116 Å². The molecule has 1 saturated carbocycles. The van der Waals surface area contributed by atoms with Gasteiger partial charge < -0.3 is 5.32 Å². The number of nitrogens with zero attached hydrogens (tertiary/aromatic N) is 1. The van der Waals surface area contributed by atoms with Crippen molar-refractivity contribution in [1.82, 2.24) is 0 Å². The molecule has 0 unspecified atom stereocenters. The summed E-state index contributed by atoms with van der Waals surface area (Å²) in [5.74, 6) is 1.72. The highest BCUT2D eigenvalue weighted by molar-refractivity contribution is 5.62. The van der Waals surface area contributed by atoms with Crippen molar-refractivity contribution in [1.29, 1.82) is 5.26 Å². The zero-order valence-electron chi connectivity index (χ0n) is 12.1. The number of nitriles is 1. The minimum Gasteiger partial charge on any atom is -0.383 e. The van der Waals surface area contributed by atoms with E-state index in [1.807, 2.05) is 12.1 Å². The van der Waals surface area contributed by atoms with Crippen molar-refractivity contribution in [3.63, 3.8) is 0 Å². The van der Waals surface area contributed by atoms with Gasteiger partial charge in [-0.15, -0.1) is 0 Å². The van der Waals surface area contributed by atoms with Crippen LogP contribution in [0.3, 0.4) is 0 Å². The lowest BCUT2D eigenvalue weighted by atomic mass is 9.81. The molecular formula is C17H24N2. The Balaban J connectivity index is 1.91. The molecule has 1 aromatic rings. The zero-order chi connectivity index (χ0) is 13.7. The molecular weight excluding hydrogens is 232 g/mol. The Hall–Kier alpha value is -1.49. The van der Waals surface area contributed by atoms with E-state index < -0.39 is 0 Å². The Morgan fingerprint density at radius 3 is 2.53 bits per heavy atom. The van der Waals surface area contributed by atoms with Crippen molar-refractivity contribution in [3.05, 3.63) is 29.3 Å². The molecule has 0 bridgehead atoms. The molecule has 1 aliphatic rings. The largest absolute Gasteiger partial charge is 0.383 e. The van der Waals surface area contributed by atoms with Crippen molar-refractivity contribution in [2.24, 2.45) is 11.8 Å². The molecule has 0 aromatic heterocycles. The number of hydrogen-bond donors (Lipinski definition) is 1. The summed E-state index contributed by atoms with van der Waals surface area (Å²) >= 11 is 0. The van der Waals surface area contributed by atoms with Crippen molar-refractivity contribution >= 4 is 5.69 Å². The van der Waals surface area contributed by atoms with Gasteiger partial charge in [-0.25, -0.2) is 0 Å². The fourth-order valence-electron chi connectivity index (χ4n) is 3.09. The van der Waals surface area contributed by atoms with Gasteiger partial charge in [0.2, 0.25) is 0 Å². The van der Waals surface area contributed by atoms with E-state index in [2.05, 4.69) is 31.3 Å². The van der Waals surface area contributed by atoms with E-state index in [4.69, 9.17) is 5.26 Å². The Kier molecular flexibility index (Phi) is 4.85. The SMILES string of the molecule is CCC1CCC(CNc2c(C)cccc2C#N)CC1. The summed E-state index contributed by atoms with van der Waals surface area (Å²) in [6.45, 7) is 5.38. The molecule has 0 aliphatic heterocycles. The van der Waals surface area contributed by atoms with E-state index in [0.717, 1.165) is 29.6 Å². The smallest absolute Gasteiger partial charge is 0.101 e. The molecule has 1 fully saturated rings. The summed E-state index contributed by atoms with van der Waals surface area (Å²) in [6.07, 6.45) is 6.75. The van der Waals surface area contributed by atoms with Gasteiger partial charge in [0.1, 0.15) is 6.07 Å². The Morgan fingerprint density at radius 2 is 1.89 bits per heavy atom. The van der Waals surface area contributed by atoms with Gasteiger partial charge in [0.25, 0.3) is 0 Å². The lowest BCUT2D eigenvalue weighted by Crippen LogP contribution is -2.21. The highest BCUT2D eigenvalue weighted by atomic mass is 14.9. The third-order valence-electron chi connectivity index (χ3n) is 4.50. The van der Waals surface area contributed by atoms with Gasteiger partial charge in [0.05, 0.1) is 11.3 Å². The first-order chi connectivity index (χ1) is 9.24. The van der Waals surface area contributed by atoms with Crippen molar-refractivity contribution in [3.8, 4) is 6.07 Å². The molecule has 19 heavy (non-hydrogen) atoms. The van der Waals surface area contributed by atoms with Gasteiger partial charge in [-0.05, 0) is 43.2 Å². The van der Waals surface area contributed by atoms with Crippen molar-refractivity contribution in [2.75, 3.05) is 11.9 Å². The molecule has 1 aliphatic carbocycles. The first-order valence-corrected chi connectivity index (χ1v) is 7.48. The fourth-order valence-corrected chi connectivity index (χ4v) is 3.09. The number of para-hydroxylation sites is 1. The second-order valence-corrected chi connectivity index (χ2v) is 5.79. The number of hydrogen-bond acceptors (Lipinski definition) is 2. The molecule has 0 radical (unpaired) electrons. The topological polar surface area (TPSA) is 35.8 Å². The molecule has 2 nitrogen and oxygen atoms in total. The number of aryl methyl sites for hydroxylation is 1. The van der Waals surface area contributed by atoms with Crippen LogP contribution >= 0.6 is 0 Å². The van der Waals surface area contributed by atoms with Crippen LogP contribution in [0.2, 0.25) is 0 Å². The minimum absolute atomic E-state index is 0.766. The van der Waals surface area contributed by atoms with E-state index in [1.165, 1.54) is 37.7 Å².